The molecule has 0 aromatic heterocycles. The van der Waals surface area contributed by atoms with Crippen LogP contribution in [0, 0.1) is 30.6 Å². The Morgan fingerprint density at radius 1 is 1.03 bits per heavy atom. The quantitative estimate of drug-likeness (QED) is 0.378. The van der Waals surface area contributed by atoms with E-state index < -0.39 is 0 Å². The number of nitrogens with zero attached hydrogens (tertiary/aromatic N) is 1. The van der Waals surface area contributed by atoms with Crippen LogP contribution >= 0.6 is 31.9 Å². The van der Waals surface area contributed by atoms with Gasteiger partial charge in [0, 0.05) is 16.2 Å². The van der Waals surface area contributed by atoms with Crippen LogP contribution in [-0.2, 0) is 9.59 Å². The molecule has 0 radical (unpaired) electrons. The molecule has 0 saturated heterocycles. The maximum atomic E-state index is 12.6. The molecule has 4 saturated carbocycles. The Balaban J connectivity index is 1.22. The minimum Gasteiger partial charge on any atom is -0.483 e. The van der Waals surface area contributed by atoms with Gasteiger partial charge in [-0.25, -0.2) is 5.43 Å². The number of carbonyl (C=O) groups is 2. The first-order chi connectivity index (χ1) is 14.8. The van der Waals surface area contributed by atoms with Crippen LogP contribution in [0.4, 0.5) is 0 Å². The number of amides is 2. The van der Waals surface area contributed by atoms with Crippen molar-refractivity contribution >= 4 is 49.4 Å². The van der Waals surface area contributed by atoms with Crippen molar-refractivity contribution in [3.05, 3.63) is 26.6 Å². The number of hydrogen-bond acceptors (Lipinski definition) is 4. The molecular formula is C23H29Br2N3O3. The fraction of sp³-hybridized carbons (Fsp3) is 0.609. The van der Waals surface area contributed by atoms with Gasteiger partial charge in [0.25, 0.3) is 5.91 Å². The number of aryl methyl sites for hydroxylation is 1. The molecule has 4 aliphatic carbocycles. The Labute approximate surface area is 200 Å². The van der Waals surface area contributed by atoms with E-state index in [4.69, 9.17) is 4.74 Å². The van der Waals surface area contributed by atoms with Gasteiger partial charge in [0.15, 0.2) is 6.61 Å². The molecule has 0 unspecified atom stereocenters. The molecule has 0 spiro atoms. The largest absolute Gasteiger partial charge is 0.483 e. The summed E-state index contributed by atoms with van der Waals surface area (Å²) in [5, 5.41) is 7.35. The van der Waals surface area contributed by atoms with Gasteiger partial charge in [-0.3, -0.25) is 9.59 Å². The first-order valence-electron chi connectivity index (χ1n) is 11.0. The average molecular weight is 555 g/mol. The normalized spacial score (nSPS) is 29.0. The molecule has 8 heteroatoms. The lowest BCUT2D eigenvalue weighted by molar-refractivity contribution is -0.124. The number of nitrogens with one attached hydrogen (secondary N) is 2. The van der Waals surface area contributed by atoms with Gasteiger partial charge < -0.3 is 10.1 Å². The maximum Gasteiger partial charge on any atom is 0.277 e. The highest BCUT2D eigenvalue weighted by molar-refractivity contribution is 9.11. The topological polar surface area (TPSA) is 79.8 Å². The van der Waals surface area contributed by atoms with E-state index in [-0.39, 0.29) is 24.8 Å². The highest BCUT2D eigenvalue weighted by atomic mass is 79.9. The van der Waals surface area contributed by atoms with E-state index in [1.54, 1.807) is 6.92 Å². The summed E-state index contributed by atoms with van der Waals surface area (Å²) in [7, 11) is 0. The second-order valence-corrected chi connectivity index (χ2v) is 11.1. The molecule has 0 atom stereocenters. The van der Waals surface area contributed by atoms with Crippen molar-refractivity contribution in [2.45, 2.75) is 58.4 Å². The van der Waals surface area contributed by atoms with Gasteiger partial charge in [-0.05, 0) is 103 Å². The lowest BCUT2D eigenvalue weighted by Gasteiger charge is -2.54. The first-order valence-corrected chi connectivity index (χ1v) is 12.6. The van der Waals surface area contributed by atoms with E-state index in [9.17, 15) is 9.59 Å². The third kappa shape index (κ3) is 5.51. The molecule has 4 aliphatic rings. The summed E-state index contributed by atoms with van der Waals surface area (Å²) in [5.74, 6) is 3.29. The van der Waals surface area contributed by atoms with Gasteiger partial charge in [0.2, 0.25) is 5.91 Å². The van der Waals surface area contributed by atoms with Gasteiger partial charge in [0.1, 0.15) is 5.75 Å². The molecule has 0 aliphatic heterocycles. The molecule has 4 bridgehead atoms. The maximum absolute atomic E-state index is 12.6. The van der Waals surface area contributed by atoms with Gasteiger partial charge in [-0.1, -0.05) is 15.9 Å². The minimum atomic E-state index is -0.367. The molecule has 6 nitrogen and oxygen atoms in total. The summed E-state index contributed by atoms with van der Waals surface area (Å²) in [6.45, 7) is 3.55. The number of ether oxygens (including phenoxy) is 1. The van der Waals surface area contributed by atoms with E-state index >= 15 is 0 Å². The van der Waals surface area contributed by atoms with Crippen molar-refractivity contribution in [2.75, 3.05) is 6.61 Å². The van der Waals surface area contributed by atoms with Crippen molar-refractivity contribution in [1.82, 2.24) is 10.7 Å². The Hall–Kier alpha value is -1.41. The number of benzene rings is 1. The lowest BCUT2D eigenvalue weighted by atomic mass is 9.54. The SMILES string of the molecule is C/C(CC(=O)NC1C2CC3CC(C2)CC1C3)=N\NC(=O)COc1cc(C)c(Br)cc1Br. The fourth-order valence-corrected chi connectivity index (χ4v) is 6.85. The van der Waals surface area contributed by atoms with E-state index in [0.29, 0.717) is 29.3 Å². The molecule has 31 heavy (non-hydrogen) atoms. The molecule has 1 aromatic rings. The Bertz CT molecular complexity index is 874. The zero-order valence-electron chi connectivity index (χ0n) is 17.9. The van der Waals surface area contributed by atoms with Crippen LogP contribution in [-0.4, -0.2) is 30.2 Å². The first kappa shape index (κ1) is 22.8. The van der Waals surface area contributed by atoms with E-state index in [1.807, 2.05) is 19.1 Å². The molecule has 0 heterocycles. The lowest BCUT2D eigenvalue weighted by Crippen LogP contribution is -2.56. The van der Waals surface area contributed by atoms with Crippen LogP contribution in [0.5, 0.6) is 5.75 Å². The smallest absolute Gasteiger partial charge is 0.277 e. The molecule has 2 amide bonds. The molecule has 2 N–H and O–H groups in total. The van der Waals surface area contributed by atoms with Crippen LogP contribution < -0.4 is 15.5 Å². The molecule has 5 rings (SSSR count). The zero-order chi connectivity index (χ0) is 22.1. The molecule has 1 aromatic carbocycles. The van der Waals surface area contributed by atoms with Crippen molar-refractivity contribution in [1.29, 1.82) is 0 Å². The highest BCUT2D eigenvalue weighted by Gasteiger charge is 2.48. The van der Waals surface area contributed by atoms with Crippen LogP contribution in [0.25, 0.3) is 0 Å². The number of hydrazone groups is 1. The summed E-state index contributed by atoms with van der Waals surface area (Å²) in [6, 6.07) is 4.06. The van der Waals surface area contributed by atoms with Gasteiger partial charge in [-0.15, -0.1) is 0 Å². The van der Waals surface area contributed by atoms with Gasteiger partial charge in [-0.2, -0.15) is 5.10 Å². The predicted octanol–water partition coefficient (Wildman–Crippen LogP) is 4.72. The van der Waals surface area contributed by atoms with Crippen LogP contribution in [0.1, 0.15) is 51.0 Å². The minimum absolute atomic E-state index is 0.00140. The average Bonchev–Trinajstić information content (AvgIpc) is 2.70. The summed E-state index contributed by atoms with van der Waals surface area (Å²) in [4.78, 5) is 24.6. The number of carbonyl (C=O) groups excluding carboxylic acids is 2. The summed E-state index contributed by atoms with van der Waals surface area (Å²) in [5.41, 5.74) is 4.07. The second-order valence-electron chi connectivity index (χ2n) is 9.40. The molecular weight excluding hydrogens is 526 g/mol. The standard InChI is InChI=1S/C23H29Br2N3O3/c1-12-3-20(19(25)10-18(12)24)31-11-22(30)28-27-13(2)4-21(29)26-23-16-6-14-5-15(8-16)9-17(23)7-14/h3,10,14-17,23H,4-9,11H2,1-2H3,(H,26,29)(H,28,30)/b27-13+. The summed E-state index contributed by atoms with van der Waals surface area (Å²) in [6.07, 6.45) is 6.69. The van der Waals surface area contributed by atoms with Gasteiger partial charge >= 0.3 is 0 Å². The van der Waals surface area contributed by atoms with Crippen molar-refractivity contribution in [3.8, 4) is 5.75 Å². The summed E-state index contributed by atoms with van der Waals surface area (Å²) < 4.78 is 7.30. The summed E-state index contributed by atoms with van der Waals surface area (Å²) >= 11 is 6.88. The van der Waals surface area contributed by atoms with E-state index in [0.717, 1.165) is 26.3 Å². The third-order valence-corrected chi connectivity index (χ3v) is 8.39. The van der Waals surface area contributed by atoms with Crippen molar-refractivity contribution < 1.29 is 14.3 Å². The monoisotopic (exact) mass is 553 g/mol. The zero-order valence-corrected chi connectivity index (χ0v) is 21.1. The number of hydrogen-bond donors (Lipinski definition) is 2. The van der Waals surface area contributed by atoms with Crippen LogP contribution in [0.15, 0.2) is 26.2 Å². The van der Waals surface area contributed by atoms with Crippen molar-refractivity contribution in [2.24, 2.45) is 28.8 Å². The van der Waals surface area contributed by atoms with Gasteiger partial charge in [0.05, 0.1) is 10.9 Å². The Kier molecular flexibility index (Phi) is 7.06. The number of rotatable bonds is 7. The van der Waals surface area contributed by atoms with E-state index in [1.165, 1.54) is 32.1 Å². The Morgan fingerprint density at radius 3 is 2.32 bits per heavy atom. The van der Waals surface area contributed by atoms with Crippen LogP contribution in [0.2, 0.25) is 0 Å². The fourth-order valence-electron chi connectivity index (χ4n) is 5.74. The van der Waals surface area contributed by atoms with Crippen molar-refractivity contribution in [3.63, 3.8) is 0 Å². The Morgan fingerprint density at radius 2 is 1.68 bits per heavy atom. The number of halogens is 2. The molecule has 4 fully saturated rings. The predicted molar refractivity (Wildman–Crippen MR) is 127 cm³/mol. The van der Waals surface area contributed by atoms with E-state index in [2.05, 4.69) is 47.7 Å². The third-order valence-electron chi connectivity index (χ3n) is 6.91. The molecule has 168 valence electrons. The second kappa shape index (κ2) is 9.61. The highest BCUT2D eigenvalue weighted by Crippen LogP contribution is 2.53. The van der Waals surface area contributed by atoms with Crippen LogP contribution in [0.3, 0.4) is 0 Å².